The maximum atomic E-state index is 12.0. The number of halogens is 1. The summed E-state index contributed by atoms with van der Waals surface area (Å²) in [5.74, 6) is -0.0402. The molecule has 0 saturated heterocycles. The first kappa shape index (κ1) is 16.0. The Balaban J connectivity index is 0.00000200. The Kier molecular flexibility index (Phi) is 6.53. The fraction of sp³-hybridized carbons (Fsp3) is 0.200. The van der Waals surface area contributed by atoms with Crippen LogP contribution >= 0.6 is 0 Å². The van der Waals surface area contributed by atoms with Crippen LogP contribution in [0.5, 0.6) is 0 Å². The summed E-state index contributed by atoms with van der Waals surface area (Å²) in [7, 11) is 0. The van der Waals surface area contributed by atoms with Crippen molar-refractivity contribution in [3.63, 3.8) is 0 Å². The van der Waals surface area contributed by atoms with Crippen molar-refractivity contribution in [2.75, 3.05) is 17.2 Å². The normalized spacial score (nSPS) is 9.45. The van der Waals surface area contributed by atoms with Gasteiger partial charge in [0.2, 0.25) is 6.54 Å². The molecule has 4 nitrogen and oxygen atoms in total. The van der Waals surface area contributed by atoms with E-state index in [1.807, 2.05) is 66.3 Å². The van der Waals surface area contributed by atoms with Gasteiger partial charge in [0.25, 0.3) is 5.91 Å². The number of nitrogens with one attached hydrogen (secondary N) is 2. The van der Waals surface area contributed by atoms with Gasteiger partial charge in [0, 0.05) is 18.7 Å². The number of carbonyl (C=O) groups is 1. The SMILES string of the molecule is CCNc1ccccc1NC(=O)C[n+]1ccccc1.[Cl-]. The summed E-state index contributed by atoms with van der Waals surface area (Å²) < 4.78 is 1.84. The van der Waals surface area contributed by atoms with Crippen LogP contribution in [0.25, 0.3) is 0 Å². The highest BCUT2D eigenvalue weighted by Crippen LogP contribution is 2.20. The summed E-state index contributed by atoms with van der Waals surface area (Å²) >= 11 is 0. The zero-order valence-corrected chi connectivity index (χ0v) is 12.1. The summed E-state index contributed by atoms with van der Waals surface area (Å²) in [6.07, 6.45) is 3.74. The minimum absolute atomic E-state index is 0. The standard InChI is InChI=1S/C15H17N3O.ClH/c1-2-16-13-8-4-5-9-14(13)17-15(19)12-18-10-6-3-7-11-18;/h3-11,16H,2,12H2,1H3;1H. The Bertz CT molecular complexity index is 546. The Morgan fingerprint density at radius 1 is 1.05 bits per heavy atom. The monoisotopic (exact) mass is 291 g/mol. The van der Waals surface area contributed by atoms with Crippen LogP contribution in [0.4, 0.5) is 11.4 Å². The van der Waals surface area contributed by atoms with Crippen LogP contribution in [-0.2, 0) is 11.3 Å². The predicted molar refractivity (Wildman–Crippen MR) is 75.9 cm³/mol. The van der Waals surface area contributed by atoms with E-state index in [0.717, 1.165) is 17.9 Å². The van der Waals surface area contributed by atoms with Gasteiger partial charge >= 0.3 is 0 Å². The lowest BCUT2D eigenvalue weighted by molar-refractivity contribution is -0.684. The largest absolute Gasteiger partial charge is 1.00 e. The first-order valence-corrected chi connectivity index (χ1v) is 6.36. The average Bonchev–Trinajstić information content (AvgIpc) is 2.42. The number of para-hydroxylation sites is 2. The van der Waals surface area contributed by atoms with E-state index in [4.69, 9.17) is 0 Å². The Morgan fingerprint density at radius 2 is 1.70 bits per heavy atom. The molecular weight excluding hydrogens is 274 g/mol. The molecule has 0 atom stereocenters. The van der Waals surface area contributed by atoms with Gasteiger partial charge in [0.1, 0.15) is 0 Å². The molecule has 0 spiro atoms. The molecule has 5 heteroatoms. The summed E-state index contributed by atoms with van der Waals surface area (Å²) in [5.41, 5.74) is 1.75. The summed E-state index contributed by atoms with van der Waals surface area (Å²) in [4.78, 5) is 12.0. The van der Waals surface area contributed by atoms with Crippen molar-refractivity contribution in [1.82, 2.24) is 0 Å². The molecule has 0 unspecified atom stereocenters. The number of aromatic nitrogens is 1. The van der Waals surface area contributed by atoms with Crippen LogP contribution in [0, 0.1) is 0 Å². The predicted octanol–water partition coefficient (Wildman–Crippen LogP) is -0.951. The van der Waals surface area contributed by atoms with Gasteiger partial charge in [-0.3, -0.25) is 4.79 Å². The second kappa shape index (κ2) is 8.17. The molecule has 0 saturated carbocycles. The third-order valence-electron chi connectivity index (χ3n) is 2.67. The molecule has 0 aliphatic carbocycles. The zero-order valence-electron chi connectivity index (χ0n) is 11.3. The van der Waals surface area contributed by atoms with Gasteiger partial charge in [-0.05, 0) is 19.1 Å². The molecule has 1 aromatic heterocycles. The highest BCUT2D eigenvalue weighted by atomic mass is 35.5. The molecule has 1 aromatic carbocycles. The highest BCUT2D eigenvalue weighted by molar-refractivity contribution is 5.93. The molecule has 0 radical (unpaired) electrons. The van der Waals surface area contributed by atoms with Crippen LogP contribution in [0.1, 0.15) is 6.92 Å². The molecule has 106 valence electrons. The van der Waals surface area contributed by atoms with E-state index in [0.29, 0.717) is 6.54 Å². The van der Waals surface area contributed by atoms with Crippen molar-refractivity contribution in [1.29, 1.82) is 0 Å². The van der Waals surface area contributed by atoms with Crippen molar-refractivity contribution in [2.45, 2.75) is 13.5 Å². The number of hydrogen-bond acceptors (Lipinski definition) is 2. The molecule has 20 heavy (non-hydrogen) atoms. The quantitative estimate of drug-likeness (QED) is 0.698. The maximum Gasteiger partial charge on any atom is 0.290 e. The van der Waals surface area contributed by atoms with E-state index < -0.39 is 0 Å². The van der Waals surface area contributed by atoms with Gasteiger partial charge in [-0.15, -0.1) is 0 Å². The molecule has 2 rings (SSSR count). The number of anilines is 2. The lowest BCUT2D eigenvalue weighted by Crippen LogP contribution is -3.00. The van der Waals surface area contributed by atoms with Gasteiger partial charge in [-0.1, -0.05) is 18.2 Å². The second-order valence-corrected chi connectivity index (χ2v) is 4.17. The van der Waals surface area contributed by atoms with Crippen molar-refractivity contribution in [2.24, 2.45) is 0 Å². The van der Waals surface area contributed by atoms with Crippen LogP contribution in [0.15, 0.2) is 54.9 Å². The van der Waals surface area contributed by atoms with Gasteiger partial charge < -0.3 is 23.0 Å². The number of hydrogen-bond donors (Lipinski definition) is 2. The highest BCUT2D eigenvalue weighted by Gasteiger charge is 2.10. The van der Waals surface area contributed by atoms with Crippen LogP contribution in [0.3, 0.4) is 0 Å². The lowest BCUT2D eigenvalue weighted by atomic mass is 10.2. The number of carbonyl (C=O) groups excluding carboxylic acids is 1. The average molecular weight is 292 g/mol. The first-order valence-electron chi connectivity index (χ1n) is 6.36. The van der Waals surface area contributed by atoms with Gasteiger partial charge in [-0.2, -0.15) is 4.57 Å². The minimum atomic E-state index is -0.0402. The third kappa shape index (κ3) is 4.55. The number of benzene rings is 1. The Labute approximate surface area is 125 Å². The van der Waals surface area contributed by atoms with Crippen molar-refractivity contribution in [3.8, 4) is 0 Å². The molecule has 0 fully saturated rings. The number of nitrogens with zero attached hydrogens (tertiary/aromatic N) is 1. The molecule has 1 heterocycles. The summed E-state index contributed by atoms with van der Waals surface area (Å²) in [5, 5.41) is 6.15. The van der Waals surface area contributed by atoms with E-state index in [-0.39, 0.29) is 18.3 Å². The van der Waals surface area contributed by atoms with Crippen molar-refractivity contribution in [3.05, 3.63) is 54.9 Å². The van der Waals surface area contributed by atoms with E-state index in [1.54, 1.807) is 0 Å². The van der Waals surface area contributed by atoms with E-state index >= 15 is 0 Å². The summed E-state index contributed by atoms with van der Waals surface area (Å²) in [6.45, 7) is 3.15. The second-order valence-electron chi connectivity index (χ2n) is 4.17. The lowest BCUT2D eigenvalue weighted by Gasteiger charge is -2.10. The van der Waals surface area contributed by atoms with E-state index in [9.17, 15) is 4.79 Å². The summed E-state index contributed by atoms with van der Waals surface area (Å²) in [6, 6.07) is 13.4. The fourth-order valence-electron chi connectivity index (χ4n) is 1.83. The van der Waals surface area contributed by atoms with Crippen LogP contribution < -0.4 is 27.6 Å². The fourth-order valence-corrected chi connectivity index (χ4v) is 1.83. The van der Waals surface area contributed by atoms with Crippen molar-refractivity contribution < 1.29 is 21.8 Å². The number of rotatable bonds is 5. The minimum Gasteiger partial charge on any atom is -1.00 e. The third-order valence-corrected chi connectivity index (χ3v) is 2.67. The van der Waals surface area contributed by atoms with Crippen LogP contribution in [0.2, 0.25) is 0 Å². The topological polar surface area (TPSA) is 45.0 Å². The smallest absolute Gasteiger partial charge is 0.290 e. The Morgan fingerprint density at radius 3 is 2.35 bits per heavy atom. The Hall–Kier alpha value is -2.07. The molecule has 2 N–H and O–H groups in total. The molecule has 0 bridgehead atoms. The van der Waals surface area contributed by atoms with Gasteiger partial charge in [0.05, 0.1) is 11.4 Å². The molecular formula is C15H18ClN3O. The molecule has 0 aliphatic rings. The maximum absolute atomic E-state index is 12.0. The zero-order chi connectivity index (χ0) is 13.5. The van der Waals surface area contributed by atoms with Gasteiger partial charge in [-0.25, -0.2) is 0 Å². The molecule has 1 amide bonds. The first-order chi connectivity index (χ1) is 9.29. The molecule has 0 aliphatic heterocycles. The van der Waals surface area contributed by atoms with Crippen molar-refractivity contribution >= 4 is 17.3 Å². The van der Waals surface area contributed by atoms with E-state index in [1.165, 1.54) is 0 Å². The van der Waals surface area contributed by atoms with E-state index in [2.05, 4.69) is 10.6 Å². The number of pyridine rings is 1. The number of amides is 1. The van der Waals surface area contributed by atoms with Gasteiger partial charge in [0.15, 0.2) is 12.4 Å². The molecule has 2 aromatic rings. The van der Waals surface area contributed by atoms with Crippen LogP contribution in [-0.4, -0.2) is 12.5 Å².